The van der Waals surface area contributed by atoms with Gasteiger partial charge in [-0.1, -0.05) is 19.6 Å². The van der Waals surface area contributed by atoms with Gasteiger partial charge in [-0.05, 0) is 37.6 Å². The van der Waals surface area contributed by atoms with Crippen LogP contribution in [-0.2, 0) is 11.5 Å². The molecule has 11 nitrogen and oxygen atoms in total. The number of carbonyl (C=O) groups is 2. The molecule has 3 aromatic heterocycles. The summed E-state index contributed by atoms with van der Waals surface area (Å²) in [5, 5.41) is 22.5. The summed E-state index contributed by atoms with van der Waals surface area (Å²) in [6.07, 6.45) is 7.40. The lowest BCUT2D eigenvalue weighted by atomic mass is 9.86. The molecule has 4 rings (SSSR count). The molecule has 3 N–H and O–H groups in total. The van der Waals surface area contributed by atoms with Gasteiger partial charge in [-0.25, -0.2) is 9.78 Å². The third kappa shape index (κ3) is 5.73. The van der Waals surface area contributed by atoms with Crippen LogP contribution in [-0.4, -0.2) is 68.5 Å². The van der Waals surface area contributed by atoms with E-state index in [2.05, 4.69) is 45.5 Å². The highest BCUT2D eigenvalue weighted by atomic mass is 28.3. The maximum absolute atomic E-state index is 13.3. The molecule has 0 aromatic carbocycles. The van der Waals surface area contributed by atoms with Gasteiger partial charge >= 0.3 is 6.09 Å². The summed E-state index contributed by atoms with van der Waals surface area (Å²) in [5.41, 5.74) is 2.39. The Morgan fingerprint density at radius 3 is 2.71 bits per heavy atom. The number of hydrogen-bond donors (Lipinski definition) is 3. The lowest BCUT2D eigenvalue weighted by molar-refractivity contribution is 0.0886. The van der Waals surface area contributed by atoms with Crippen molar-refractivity contribution in [3.63, 3.8) is 0 Å². The second-order valence-corrected chi connectivity index (χ2v) is 15.8. The van der Waals surface area contributed by atoms with Crippen molar-refractivity contribution in [1.82, 2.24) is 34.8 Å². The van der Waals surface area contributed by atoms with E-state index in [1.54, 1.807) is 23.1 Å². The zero-order valence-electron chi connectivity index (χ0n) is 20.0. The second-order valence-electron chi connectivity index (χ2n) is 10.2. The quantitative estimate of drug-likeness (QED) is 0.312. The van der Waals surface area contributed by atoms with Gasteiger partial charge in [0.15, 0.2) is 11.3 Å². The van der Waals surface area contributed by atoms with Crippen molar-refractivity contribution in [2.75, 3.05) is 13.2 Å². The largest absolute Gasteiger partial charge is 0.465 e. The molecule has 12 heteroatoms. The summed E-state index contributed by atoms with van der Waals surface area (Å²) in [4.78, 5) is 28.6. The van der Waals surface area contributed by atoms with Gasteiger partial charge in [0.25, 0.3) is 5.91 Å². The normalized spacial score (nSPS) is 18.9. The van der Waals surface area contributed by atoms with Crippen LogP contribution < -0.4 is 10.6 Å². The average Bonchev–Trinajstić information content (AvgIpc) is 3.40. The molecule has 0 bridgehead atoms. The van der Waals surface area contributed by atoms with Gasteiger partial charge in [0.1, 0.15) is 18.6 Å². The van der Waals surface area contributed by atoms with Gasteiger partial charge in [-0.15, -0.1) is 10.2 Å². The van der Waals surface area contributed by atoms with Crippen molar-refractivity contribution in [2.45, 2.75) is 64.1 Å². The number of fused-ring (bicyclic) bond motifs is 3. The van der Waals surface area contributed by atoms with Crippen molar-refractivity contribution in [3.05, 3.63) is 24.3 Å². The summed E-state index contributed by atoms with van der Waals surface area (Å²) < 4.78 is 9.58. The smallest absolute Gasteiger partial charge is 0.404 e. The Morgan fingerprint density at radius 1 is 1.24 bits per heavy atom. The Balaban J connectivity index is 1.48. The fraction of sp³-hybridized carbons (Fsp3) is 0.591. The predicted molar refractivity (Wildman–Crippen MR) is 130 cm³/mol. The Bertz CT molecular complexity index is 1160. The number of nitrogens with one attached hydrogen (secondary N) is 2. The number of nitrogens with zero attached hydrogens (tertiary/aromatic N) is 5. The van der Waals surface area contributed by atoms with Crippen LogP contribution in [0.5, 0.6) is 0 Å². The Labute approximate surface area is 198 Å². The topological polar surface area (TPSA) is 136 Å². The van der Waals surface area contributed by atoms with Crippen molar-refractivity contribution < 1.29 is 19.4 Å². The first-order valence-corrected chi connectivity index (χ1v) is 15.4. The van der Waals surface area contributed by atoms with Gasteiger partial charge in [0.2, 0.25) is 0 Å². The van der Waals surface area contributed by atoms with Gasteiger partial charge in [0, 0.05) is 33.5 Å². The first-order chi connectivity index (χ1) is 16.2. The lowest BCUT2D eigenvalue weighted by Gasteiger charge is -2.28. The first kappa shape index (κ1) is 24.1. The van der Waals surface area contributed by atoms with Crippen LogP contribution in [0.3, 0.4) is 0 Å². The standard InChI is InChI=1S/C22H33N7O4Si/c1-34(2,3)9-8-33-14-28-12-17(19-20(28)23-11-18-27-25-13-29(18)19)21(30)26-16-6-4-15(5-7-16)10-24-22(31)32/h11-13,15-16,24H,4-10,14H2,1-3H3,(H,26,30)(H,31,32)/t15-,16-. The van der Waals surface area contributed by atoms with E-state index >= 15 is 0 Å². The van der Waals surface area contributed by atoms with Crippen LogP contribution in [0.2, 0.25) is 25.7 Å². The molecule has 184 valence electrons. The third-order valence-corrected chi connectivity index (χ3v) is 8.04. The fourth-order valence-corrected chi connectivity index (χ4v) is 5.10. The van der Waals surface area contributed by atoms with E-state index in [1.807, 2.05) is 4.57 Å². The molecule has 3 heterocycles. The molecular formula is C22H33N7O4Si. The fourth-order valence-electron chi connectivity index (χ4n) is 4.34. The summed E-state index contributed by atoms with van der Waals surface area (Å²) in [5.74, 6) is 0.140. The molecule has 0 radical (unpaired) electrons. The summed E-state index contributed by atoms with van der Waals surface area (Å²) in [6, 6.07) is 1.11. The van der Waals surface area contributed by atoms with Crippen LogP contribution in [0, 0.1) is 5.92 Å². The Kier molecular flexibility index (Phi) is 7.17. The maximum Gasteiger partial charge on any atom is 0.404 e. The molecule has 1 saturated carbocycles. The van der Waals surface area contributed by atoms with E-state index in [-0.39, 0.29) is 11.9 Å². The highest BCUT2D eigenvalue weighted by Gasteiger charge is 2.26. The number of carbonyl (C=O) groups excluding carboxylic acids is 1. The molecular weight excluding hydrogens is 454 g/mol. The number of ether oxygens (including phenoxy) is 1. The van der Waals surface area contributed by atoms with Crippen LogP contribution in [0.4, 0.5) is 4.79 Å². The molecule has 0 aliphatic heterocycles. The molecule has 34 heavy (non-hydrogen) atoms. The minimum atomic E-state index is -1.20. The monoisotopic (exact) mass is 487 g/mol. The maximum atomic E-state index is 13.3. The van der Waals surface area contributed by atoms with Crippen molar-refractivity contribution in [3.8, 4) is 0 Å². The molecule has 3 aromatic rings. The highest BCUT2D eigenvalue weighted by Crippen LogP contribution is 2.26. The second kappa shape index (κ2) is 10.1. The number of rotatable bonds is 9. The van der Waals surface area contributed by atoms with Crippen LogP contribution >= 0.6 is 0 Å². The minimum Gasteiger partial charge on any atom is -0.465 e. The van der Waals surface area contributed by atoms with E-state index in [0.29, 0.717) is 48.2 Å². The molecule has 1 aliphatic carbocycles. The predicted octanol–water partition coefficient (Wildman–Crippen LogP) is 2.95. The van der Waals surface area contributed by atoms with Gasteiger partial charge in [-0.2, -0.15) is 0 Å². The van der Waals surface area contributed by atoms with Gasteiger partial charge in [0.05, 0.1) is 11.8 Å². The number of aromatic nitrogens is 5. The average molecular weight is 488 g/mol. The molecule has 0 atom stereocenters. The van der Waals surface area contributed by atoms with Gasteiger partial charge in [-0.3, -0.25) is 9.20 Å². The van der Waals surface area contributed by atoms with Crippen molar-refractivity contribution >= 4 is 36.9 Å². The van der Waals surface area contributed by atoms with E-state index in [1.165, 1.54) is 0 Å². The van der Waals surface area contributed by atoms with Crippen LogP contribution in [0.15, 0.2) is 18.7 Å². The van der Waals surface area contributed by atoms with Crippen molar-refractivity contribution in [1.29, 1.82) is 0 Å². The van der Waals surface area contributed by atoms with E-state index < -0.39 is 14.2 Å². The molecule has 1 aliphatic rings. The number of amides is 2. The Morgan fingerprint density at radius 2 is 2.00 bits per heavy atom. The summed E-state index contributed by atoms with van der Waals surface area (Å²) in [6.45, 7) is 8.37. The third-order valence-electron chi connectivity index (χ3n) is 6.34. The van der Waals surface area contributed by atoms with Crippen LogP contribution in [0.1, 0.15) is 36.0 Å². The first-order valence-electron chi connectivity index (χ1n) is 11.7. The van der Waals surface area contributed by atoms with Gasteiger partial charge < -0.3 is 25.0 Å². The molecule has 1 fully saturated rings. The molecule has 0 saturated heterocycles. The zero-order valence-corrected chi connectivity index (χ0v) is 21.0. The lowest BCUT2D eigenvalue weighted by Crippen LogP contribution is -2.39. The molecule has 0 unspecified atom stereocenters. The summed E-state index contributed by atoms with van der Waals surface area (Å²) in [7, 11) is -1.20. The highest BCUT2D eigenvalue weighted by molar-refractivity contribution is 6.76. The SMILES string of the molecule is C[Si](C)(C)CCOCn1cc(C(=O)N[C@H]2CC[C@H](CNC(=O)O)CC2)c2c1ncc1nncn12. The molecule has 0 spiro atoms. The zero-order chi connectivity index (χ0) is 24.3. The van der Waals surface area contributed by atoms with E-state index in [0.717, 1.165) is 31.7 Å². The summed E-state index contributed by atoms with van der Waals surface area (Å²) >= 11 is 0. The van der Waals surface area contributed by atoms with E-state index in [4.69, 9.17) is 9.84 Å². The molecule has 2 amide bonds. The van der Waals surface area contributed by atoms with Crippen LogP contribution in [0.25, 0.3) is 16.8 Å². The van der Waals surface area contributed by atoms with Crippen molar-refractivity contribution in [2.24, 2.45) is 5.92 Å². The number of hydrogen-bond acceptors (Lipinski definition) is 6. The van der Waals surface area contributed by atoms with E-state index in [9.17, 15) is 9.59 Å². The Hall–Kier alpha value is -2.99. The number of carboxylic acid groups (broad SMARTS) is 1. The minimum absolute atomic E-state index is 0.0491.